The minimum atomic E-state index is -0.401. The number of aromatic nitrogens is 1. The summed E-state index contributed by atoms with van der Waals surface area (Å²) in [7, 11) is 1.60. The summed E-state index contributed by atoms with van der Waals surface area (Å²) in [6.07, 6.45) is 1.63. The first-order valence-electron chi connectivity index (χ1n) is 6.90. The molecule has 2 rings (SSSR count). The Morgan fingerprint density at radius 3 is 2.78 bits per heavy atom. The van der Waals surface area contributed by atoms with Crippen molar-refractivity contribution in [1.82, 2.24) is 10.3 Å². The Hall–Kier alpha value is -1.99. The average molecular weight is 383 g/mol. The van der Waals surface area contributed by atoms with Crippen molar-refractivity contribution < 1.29 is 18.7 Å². The van der Waals surface area contributed by atoms with Crippen molar-refractivity contribution in [2.45, 2.75) is 6.54 Å². The van der Waals surface area contributed by atoms with Crippen LogP contribution in [0.1, 0.15) is 15.9 Å². The van der Waals surface area contributed by atoms with Gasteiger partial charge in [0.1, 0.15) is 12.4 Å². The van der Waals surface area contributed by atoms with Crippen LogP contribution in [-0.4, -0.2) is 31.2 Å². The van der Waals surface area contributed by atoms with Gasteiger partial charge in [-0.3, -0.25) is 4.79 Å². The fourth-order valence-corrected chi connectivity index (χ4v) is 2.31. The van der Waals surface area contributed by atoms with E-state index >= 15 is 0 Å². The van der Waals surface area contributed by atoms with E-state index < -0.39 is 5.82 Å². The largest absolute Gasteiger partial charge is 0.475 e. The normalized spacial score (nSPS) is 10.4. The maximum Gasteiger partial charge on any atom is 0.252 e. The van der Waals surface area contributed by atoms with Crippen molar-refractivity contribution in [3.05, 3.63) is 57.9 Å². The molecule has 23 heavy (non-hydrogen) atoms. The second kappa shape index (κ2) is 8.59. The molecule has 0 aliphatic rings. The number of methoxy groups -OCH3 is 1. The number of nitrogens with zero attached hydrogens (tertiary/aromatic N) is 1. The Balaban J connectivity index is 1.89. The van der Waals surface area contributed by atoms with E-state index in [4.69, 9.17) is 9.47 Å². The lowest BCUT2D eigenvalue weighted by Gasteiger charge is -2.08. The van der Waals surface area contributed by atoms with Crippen LogP contribution in [0.4, 0.5) is 4.39 Å². The Morgan fingerprint density at radius 2 is 2.13 bits per heavy atom. The number of carbonyl (C=O) groups excluding carboxylic acids is 1. The van der Waals surface area contributed by atoms with Gasteiger partial charge in [0.15, 0.2) is 0 Å². The third-order valence-electron chi connectivity index (χ3n) is 2.96. The zero-order valence-electron chi connectivity index (χ0n) is 12.5. The van der Waals surface area contributed by atoms with E-state index in [-0.39, 0.29) is 5.91 Å². The number of benzene rings is 1. The predicted octanol–water partition coefficient (Wildman–Crippen LogP) is 2.94. The molecule has 0 aliphatic carbocycles. The standard InChI is InChI=1S/C16H16BrFN2O3/c1-22-6-7-23-15-5-2-11(9-19-15)10-20-16(21)13-4-3-12(18)8-14(13)17/h2-5,8-9H,6-7,10H2,1H3,(H,20,21). The molecule has 0 aliphatic heterocycles. The zero-order valence-corrected chi connectivity index (χ0v) is 14.1. The highest BCUT2D eigenvalue weighted by atomic mass is 79.9. The van der Waals surface area contributed by atoms with Crippen molar-refractivity contribution in [3.63, 3.8) is 0 Å². The van der Waals surface area contributed by atoms with Gasteiger partial charge >= 0.3 is 0 Å². The van der Waals surface area contributed by atoms with Crippen molar-refractivity contribution >= 4 is 21.8 Å². The minimum absolute atomic E-state index is 0.294. The number of nitrogens with one attached hydrogen (secondary N) is 1. The molecular formula is C16H16BrFN2O3. The van der Waals surface area contributed by atoms with E-state index in [1.807, 2.05) is 6.07 Å². The molecule has 2 aromatic rings. The van der Waals surface area contributed by atoms with Crippen LogP contribution in [0.2, 0.25) is 0 Å². The number of rotatable bonds is 7. The van der Waals surface area contributed by atoms with E-state index in [0.717, 1.165) is 5.56 Å². The molecule has 1 N–H and O–H groups in total. The molecule has 1 amide bonds. The van der Waals surface area contributed by atoms with Gasteiger partial charge in [0.05, 0.1) is 12.2 Å². The molecule has 122 valence electrons. The summed E-state index contributed by atoms with van der Waals surface area (Å²) < 4.78 is 23.7. The number of pyridine rings is 1. The third-order valence-corrected chi connectivity index (χ3v) is 3.62. The van der Waals surface area contributed by atoms with Gasteiger partial charge in [0, 0.05) is 30.4 Å². The number of hydrogen-bond acceptors (Lipinski definition) is 4. The van der Waals surface area contributed by atoms with Crippen LogP contribution >= 0.6 is 15.9 Å². The van der Waals surface area contributed by atoms with Crippen LogP contribution in [-0.2, 0) is 11.3 Å². The Labute approximate surface area is 142 Å². The van der Waals surface area contributed by atoms with E-state index in [1.54, 1.807) is 19.4 Å². The molecule has 1 aromatic carbocycles. The maximum absolute atomic E-state index is 13.0. The van der Waals surface area contributed by atoms with Gasteiger partial charge in [0.25, 0.3) is 5.91 Å². The summed E-state index contributed by atoms with van der Waals surface area (Å²) in [4.78, 5) is 16.2. The first-order chi connectivity index (χ1) is 11.1. The van der Waals surface area contributed by atoms with E-state index in [9.17, 15) is 9.18 Å². The first kappa shape index (κ1) is 17.4. The summed E-state index contributed by atoms with van der Waals surface area (Å²) in [5.41, 5.74) is 1.20. The van der Waals surface area contributed by atoms with Crippen molar-refractivity contribution in [2.75, 3.05) is 20.3 Å². The van der Waals surface area contributed by atoms with Crippen LogP contribution in [0.3, 0.4) is 0 Å². The number of amides is 1. The van der Waals surface area contributed by atoms with Gasteiger partial charge in [-0.25, -0.2) is 9.37 Å². The van der Waals surface area contributed by atoms with Gasteiger partial charge in [0.2, 0.25) is 5.88 Å². The molecule has 5 nitrogen and oxygen atoms in total. The molecule has 0 radical (unpaired) electrons. The molecule has 0 unspecified atom stereocenters. The van der Waals surface area contributed by atoms with Crippen LogP contribution < -0.4 is 10.1 Å². The monoisotopic (exact) mass is 382 g/mol. The van der Waals surface area contributed by atoms with E-state index in [2.05, 4.69) is 26.2 Å². The fraction of sp³-hybridized carbons (Fsp3) is 0.250. The quantitative estimate of drug-likeness (QED) is 0.747. The average Bonchev–Trinajstić information content (AvgIpc) is 2.54. The fourth-order valence-electron chi connectivity index (χ4n) is 1.78. The van der Waals surface area contributed by atoms with Crippen molar-refractivity contribution in [2.24, 2.45) is 0 Å². The highest BCUT2D eigenvalue weighted by Gasteiger charge is 2.10. The minimum Gasteiger partial charge on any atom is -0.475 e. The summed E-state index contributed by atoms with van der Waals surface area (Å²) in [6, 6.07) is 7.47. The summed E-state index contributed by atoms with van der Waals surface area (Å²) in [5.74, 6) is -0.197. The maximum atomic E-state index is 13.0. The molecular weight excluding hydrogens is 367 g/mol. The molecule has 0 atom stereocenters. The second-order valence-electron chi connectivity index (χ2n) is 4.65. The van der Waals surface area contributed by atoms with Gasteiger partial charge in [-0.1, -0.05) is 6.07 Å². The second-order valence-corrected chi connectivity index (χ2v) is 5.51. The number of carbonyl (C=O) groups is 1. The van der Waals surface area contributed by atoms with Gasteiger partial charge in [-0.2, -0.15) is 0 Å². The number of ether oxygens (including phenoxy) is 2. The first-order valence-corrected chi connectivity index (χ1v) is 7.69. The van der Waals surface area contributed by atoms with Gasteiger partial charge in [-0.05, 0) is 39.7 Å². The summed E-state index contributed by atoms with van der Waals surface area (Å²) >= 11 is 3.17. The lowest BCUT2D eigenvalue weighted by Crippen LogP contribution is -2.23. The van der Waals surface area contributed by atoms with E-state index in [1.165, 1.54) is 18.2 Å². The van der Waals surface area contributed by atoms with Gasteiger partial charge < -0.3 is 14.8 Å². The van der Waals surface area contributed by atoms with Crippen LogP contribution in [0.15, 0.2) is 41.0 Å². The topological polar surface area (TPSA) is 60.5 Å². The summed E-state index contributed by atoms with van der Waals surface area (Å²) in [5, 5.41) is 2.76. The van der Waals surface area contributed by atoms with Gasteiger partial charge in [-0.15, -0.1) is 0 Å². The molecule has 0 saturated carbocycles. The van der Waals surface area contributed by atoms with E-state index in [0.29, 0.717) is 35.7 Å². The molecule has 1 heterocycles. The van der Waals surface area contributed by atoms with Crippen molar-refractivity contribution in [3.8, 4) is 5.88 Å². The smallest absolute Gasteiger partial charge is 0.252 e. The van der Waals surface area contributed by atoms with Crippen molar-refractivity contribution in [1.29, 1.82) is 0 Å². The number of halogens is 2. The SMILES string of the molecule is COCCOc1ccc(CNC(=O)c2ccc(F)cc2Br)cn1. The lowest BCUT2D eigenvalue weighted by molar-refractivity contribution is 0.0950. The zero-order chi connectivity index (χ0) is 16.7. The van der Waals surface area contributed by atoms with Crippen LogP contribution in [0.5, 0.6) is 5.88 Å². The Morgan fingerprint density at radius 1 is 1.30 bits per heavy atom. The summed E-state index contributed by atoms with van der Waals surface area (Å²) in [6.45, 7) is 1.23. The molecule has 0 bridgehead atoms. The molecule has 1 aromatic heterocycles. The molecule has 0 saturated heterocycles. The number of hydrogen-bond donors (Lipinski definition) is 1. The third kappa shape index (κ3) is 5.30. The molecule has 0 spiro atoms. The molecule has 7 heteroatoms. The lowest BCUT2D eigenvalue weighted by atomic mass is 10.2. The highest BCUT2D eigenvalue weighted by molar-refractivity contribution is 9.10. The predicted molar refractivity (Wildman–Crippen MR) is 86.9 cm³/mol. The molecule has 0 fully saturated rings. The van der Waals surface area contributed by atoms with Crippen LogP contribution in [0, 0.1) is 5.82 Å². The Kier molecular flexibility index (Phi) is 6.49. The Bertz CT molecular complexity index is 665. The highest BCUT2D eigenvalue weighted by Crippen LogP contribution is 2.18. The van der Waals surface area contributed by atoms with Crippen LogP contribution in [0.25, 0.3) is 0 Å².